The second-order valence-corrected chi connectivity index (χ2v) is 6.96. The molecule has 3 aromatic rings. The van der Waals surface area contributed by atoms with Gasteiger partial charge in [-0.15, -0.1) is 0 Å². The van der Waals surface area contributed by atoms with Crippen molar-refractivity contribution in [2.24, 2.45) is 0 Å². The van der Waals surface area contributed by atoms with Gasteiger partial charge in [-0.3, -0.25) is 9.59 Å². The highest BCUT2D eigenvalue weighted by Gasteiger charge is 2.12. The SMILES string of the molecule is Cc1ccc(/C=C/C(=O)Nc2cccc(C(=O)N(C)Cc3ccccc3)c2)cc1. The first kappa shape index (κ1) is 20.1. The monoisotopic (exact) mass is 384 g/mol. The largest absolute Gasteiger partial charge is 0.337 e. The van der Waals surface area contributed by atoms with Gasteiger partial charge in [0, 0.05) is 30.9 Å². The molecule has 0 atom stereocenters. The zero-order valence-corrected chi connectivity index (χ0v) is 16.6. The number of hydrogen-bond donors (Lipinski definition) is 1. The van der Waals surface area contributed by atoms with E-state index in [2.05, 4.69) is 5.32 Å². The summed E-state index contributed by atoms with van der Waals surface area (Å²) in [6.07, 6.45) is 3.25. The quantitative estimate of drug-likeness (QED) is 0.613. The smallest absolute Gasteiger partial charge is 0.253 e. The minimum absolute atomic E-state index is 0.0971. The molecule has 0 unspecified atom stereocenters. The molecule has 0 spiro atoms. The van der Waals surface area contributed by atoms with Crippen LogP contribution >= 0.6 is 0 Å². The van der Waals surface area contributed by atoms with E-state index in [0.717, 1.165) is 11.1 Å². The molecule has 3 aromatic carbocycles. The molecule has 0 fully saturated rings. The van der Waals surface area contributed by atoms with Crippen molar-refractivity contribution in [1.82, 2.24) is 4.90 Å². The molecule has 146 valence electrons. The van der Waals surface area contributed by atoms with E-state index in [9.17, 15) is 9.59 Å². The molecule has 0 aliphatic carbocycles. The van der Waals surface area contributed by atoms with Crippen LogP contribution in [0.5, 0.6) is 0 Å². The van der Waals surface area contributed by atoms with E-state index in [-0.39, 0.29) is 11.8 Å². The van der Waals surface area contributed by atoms with Crippen molar-refractivity contribution >= 4 is 23.6 Å². The Morgan fingerprint density at radius 2 is 1.66 bits per heavy atom. The number of hydrogen-bond acceptors (Lipinski definition) is 2. The Labute approximate surface area is 171 Å². The summed E-state index contributed by atoms with van der Waals surface area (Å²) in [7, 11) is 1.77. The van der Waals surface area contributed by atoms with Crippen molar-refractivity contribution < 1.29 is 9.59 Å². The molecule has 0 bridgehead atoms. The van der Waals surface area contributed by atoms with Crippen LogP contribution in [0.2, 0.25) is 0 Å². The van der Waals surface area contributed by atoms with Gasteiger partial charge in [0.15, 0.2) is 0 Å². The highest BCUT2D eigenvalue weighted by Crippen LogP contribution is 2.14. The lowest BCUT2D eigenvalue weighted by atomic mass is 10.1. The van der Waals surface area contributed by atoms with Crippen LogP contribution in [0.1, 0.15) is 27.0 Å². The third kappa shape index (κ3) is 5.91. The van der Waals surface area contributed by atoms with Gasteiger partial charge in [-0.25, -0.2) is 0 Å². The lowest BCUT2D eigenvalue weighted by Crippen LogP contribution is -2.26. The van der Waals surface area contributed by atoms with Gasteiger partial charge in [-0.05, 0) is 42.3 Å². The predicted molar refractivity (Wildman–Crippen MR) is 118 cm³/mol. The van der Waals surface area contributed by atoms with Crippen molar-refractivity contribution in [2.45, 2.75) is 13.5 Å². The van der Waals surface area contributed by atoms with Crippen LogP contribution in [0.3, 0.4) is 0 Å². The lowest BCUT2D eigenvalue weighted by molar-refractivity contribution is -0.111. The molecule has 2 amide bonds. The number of carbonyl (C=O) groups is 2. The summed E-state index contributed by atoms with van der Waals surface area (Å²) in [5.41, 5.74) is 4.31. The van der Waals surface area contributed by atoms with Crippen LogP contribution in [-0.2, 0) is 11.3 Å². The number of nitrogens with zero attached hydrogens (tertiary/aromatic N) is 1. The Bertz CT molecular complexity index is 1010. The van der Waals surface area contributed by atoms with Gasteiger partial charge in [0.1, 0.15) is 0 Å². The van der Waals surface area contributed by atoms with Crippen LogP contribution < -0.4 is 5.32 Å². The molecule has 0 aromatic heterocycles. The number of rotatable bonds is 6. The predicted octanol–water partition coefficient (Wildman–Crippen LogP) is 4.92. The van der Waals surface area contributed by atoms with Gasteiger partial charge in [0.05, 0.1) is 0 Å². The van der Waals surface area contributed by atoms with E-state index >= 15 is 0 Å². The Kier molecular flexibility index (Phi) is 6.59. The minimum Gasteiger partial charge on any atom is -0.337 e. The van der Waals surface area contributed by atoms with Gasteiger partial charge in [-0.1, -0.05) is 66.2 Å². The maximum Gasteiger partial charge on any atom is 0.253 e. The Hall–Kier alpha value is -3.66. The van der Waals surface area contributed by atoms with Gasteiger partial charge in [0.25, 0.3) is 5.91 Å². The number of anilines is 1. The maximum absolute atomic E-state index is 12.7. The topological polar surface area (TPSA) is 49.4 Å². The molecule has 1 N–H and O–H groups in total. The third-order valence-corrected chi connectivity index (χ3v) is 4.49. The first-order chi connectivity index (χ1) is 14.0. The number of aryl methyl sites for hydroxylation is 1. The van der Waals surface area contributed by atoms with Crippen molar-refractivity contribution in [2.75, 3.05) is 12.4 Å². The standard InChI is InChI=1S/C25H24N2O2/c1-19-11-13-20(14-12-19)15-16-24(28)26-23-10-6-9-22(17-23)25(29)27(2)18-21-7-4-3-5-8-21/h3-17H,18H2,1-2H3,(H,26,28)/b16-15+. The number of benzene rings is 3. The lowest BCUT2D eigenvalue weighted by Gasteiger charge is -2.17. The van der Waals surface area contributed by atoms with E-state index in [1.165, 1.54) is 11.6 Å². The van der Waals surface area contributed by atoms with E-state index in [1.54, 1.807) is 42.3 Å². The van der Waals surface area contributed by atoms with Crippen molar-refractivity contribution in [3.8, 4) is 0 Å². The highest BCUT2D eigenvalue weighted by molar-refractivity contribution is 6.03. The Morgan fingerprint density at radius 3 is 2.38 bits per heavy atom. The molecular formula is C25H24N2O2. The number of nitrogens with one attached hydrogen (secondary N) is 1. The molecule has 0 radical (unpaired) electrons. The Balaban J connectivity index is 1.63. The molecule has 0 saturated heterocycles. The molecule has 4 heteroatoms. The first-order valence-electron chi connectivity index (χ1n) is 9.46. The van der Waals surface area contributed by atoms with Gasteiger partial charge in [0.2, 0.25) is 5.91 Å². The van der Waals surface area contributed by atoms with Gasteiger partial charge < -0.3 is 10.2 Å². The fraction of sp³-hybridized carbons (Fsp3) is 0.120. The number of amides is 2. The molecule has 0 aliphatic rings. The van der Waals surface area contributed by atoms with E-state index < -0.39 is 0 Å². The highest BCUT2D eigenvalue weighted by atomic mass is 16.2. The summed E-state index contributed by atoms with van der Waals surface area (Å²) < 4.78 is 0. The summed E-state index contributed by atoms with van der Waals surface area (Å²) >= 11 is 0. The van der Waals surface area contributed by atoms with Crippen LogP contribution in [0, 0.1) is 6.92 Å². The molecule has 29 heavy (non-hydrogen) atoms. The second kappa shape index (κ2) is 9.51. The van der Waals surface area contributed by atoms with E-state index in [1.807, 2.05) is 61.5 Å². The fourth-order valence-electron chi connectivity index (χ4n) is 2.91. The second-order valence-electron chi connectivity index (χ2n) is 6.96. The minimum atomic E-state index is -0.243. The van der Waals surface area contributed by atoms with Crippen LogP contribution in [0.15, 0.2) is 84.9 Å². The van der Waals surface area contributed by atoms with Crippen molar-refractivity contribution in [3.05, 3.63) is 107 Å². The summed E-state index contributed by atoms with van der Waals surface area (Å²) in [5.74, 6) is -0.340. The molecule has 0 saturated carbocycles. The zero-order chi connectivity index (χ0) is 20.6. The van der Waals surface area contributed by atoms with E-state index in [0.29, 0.717) is 17.8 Å². The van der Waals surface area contributed by atoms with E-state index in [4.69, 9.17) is 0 Å². The van der Waals surface area contributed by atoms with Crippen molar-refractivity contribution in [3.63, 3.8) is 0 Å². The summed E-state index contributed by atoms with van der Waals surface area (Å²) in [4.78, 5) is 26.6. The van der Waals surface area contributed by atoms with Crippen molar-refractivity contribution in [1.29, 1.82) is 0 Å². The molecular weight excluding hydrogens is 360 g/mol. The summed E-state index contributed by atoms with van der Waals surface area (Å²) in [6.45, 7) is 2.54. The number of carbonyl (C=O) groups excluding carboxylic acids is 2. The van der Waals surface area contributed by atoms with Gasteiger partial charge in [-0.2, -0.15) is 0 Å². The molecule has 0 aliphatic heterocycles. The van der Waals surface area contributed by atoms with Gasteiger partial charge >= 0.3 is 0 Å². The zero-order valence-electron chi connectivity index (χ0n) is 16.6. The Morgan fingerprint density at radius 1 is 0.931 bits per heavy atom. The van der Waals surface area contributed by atoms with Crippen LogP contribution in [0.4, 0.5) is 5.69 Å². The van der Waals surface area contributed by atoms with Crippen LogP contribution in [0.25, 0.3) is 6.08 Å². The summed E-state index contributed by atoms with van der Waals surface area (Å²) in [5, 5.41) is 2.81. The van der Waals surface area contributed by atoms with Crippen LogP contribution in [-0.4, -0.2) is 23.8 Å². The molecule has 4 nitrogen and oxygen atoms in total. The normalized spacial score (nSPS) is 10.7. The average molecular weight is 384 g/mol. The fourth-order valence-corrected chi connectivity index (χ4v) is 2.91. The molecule has 0 heterocycles. The first-order valence-corrected chi connectivity index (χ1v) is 9.46. The third-order valence-electron chi connectivity index (χ3n) is 4.49. The average Bonchev–Trinajstić information content (AvgIpc) is 2.73. The maximum atomic E-state index is 12.7. The summed E-state index contributed by atoms with van der Waals surface area (Å²) in [6, 6.07) is 24.7. The molecule has 3 rings (SSSR count).